The highest BCUT2D eigenvalue weighted by atomic mass is 16.5. The Balaban J connectivity index is 1.53. The van der Waals surface area contributed by atoms with Crippen LogP contribution in [-0.2, 0) is 11.3 Å². The molecule has 0 amide bonds. The molecule has 0 radical (unpaired) electrons. The van der Waals surface area contributed by atoms with Crippen LogP contribution in [0.25, 0.3) is 0 Å². The molecule has 5 heteroatoms. The molecule has 2 aromatic rings. The van der Waals surface area contributed by atoms with Crippen LogP contribution < -0.4 is 0 Å². The third kappa shape index (κ3) is 2.18. The van der Waals surface area contributed by atoms with Gasteiger partial charge < -0.3 is 13.8 Å². The Morgan fingerprint density at radius 1 is 1.26 bits per heavy atom. The summed E-state index contributed by atoms with van der Waals surface area (Å²) in [4.78, 5) is 4.47. The highest BCUT2D eigenvalue weighted by molar-refractivity contribution is 5.15. The van der Waals surface area contributed by atoms with E-state index in [9.17, 15) is 0 Å². The van der Waals surface area contributed by atoms with E-state index >= 15 is 0 Å². The van der Waals surface area contributed by atoms with Crippen LogP contribution in [0.15, 0.2) is 23.0 Å². The number of hydrogen-bond donors (Lipinski definition) is 0. The van der Waals surface area contributed by atoms with Gasteiger partial charge in [-0.05, 0) is 19.3 Å². The van der Waals surface area contributed by atoms with Gasteiger partial charge in [-0.3, -0.25) is 0 Å². The molecule has 5 nitrogen and oxygen atoms in total. The van der Waals surface area contributed by atoms with Crippen molar-refractivity contribution in [2.45, 2.75) is 37.6 Å². The lowest BCUT2D eigenvalue weighted by Crippen LogP contribution is -2.10. The molecule has 0 unspecified atom stereocenters. The summed E-state index contributed by atoms with van der Waals surface area (Å²) < 4.78 is 13.0. The van der Waals surface area contributed by atoms with E-state index < -0.39 is 0 Å². The minimum Gasteiger partial charge on any atom is -0.381 e. The second-order valence-corrected chi connectivity index (χ2v) is 5.47. The van der Waals surface area contributed by atoms with Crippen molar-refractivity contribution in [1.29, 1.82) is 0 Å². The normalized spacial score (nSPS) is 23.1. The number of rotatable bonds is 4. The molecule has 19 heavy (non-hydrogen) atoms. The Morgan fingerprint density at radius 2 is 2.21 bits per heavy atom. The summed E-state index contributed by atoms with van der Waals surface area (Å²) in [6, 6.07) is 2.09. The molecular formula is C14H17N3O2. The monoisotopic (exact) mass is 259 g/mol. The van der Waals surface area contributed by atoms with E-state index in [1.54, 1.807) is 0 Å². The largest absolute Gasteiger partial charge is 0.381 e. The molecule has 1 atom stereocenters. The van der Waals surface area contributed by atoms with Gasteiger partial charge in [-0.15, -0.1) is 0 Å². The van der Waals surface area contributed by atoms with E-state index in [4.69, 9.17) is 9.26 Å². The maximum absolute atomic E-state index is 5.44. The van der Waals surface area contributed by atoms with Crippen LogP contribution in [-0.4, -0.2) is 27.9 Å². The summed E-state index contributed by atoms with van der Waals surface area (Å²) in [7, 11) is 0. The van der Waals surface area contributed by atoms with Crippen LogP contribution >= 0.6 is 0 Å². The minimum absolute atomic E-state index is 0.421. The molecule has 1 aliphatic carbocycles. The topological polar surface area (TPSA) is 53.1 Å². The van der Waals surface area contributed by atoms with Crippen molar-refractivity contribution >= 4 is 0 Å². The fourth-order valence-corrected chi connectivity index (χ4v) is 2.69. The van der Waals surface area contributed by atoms with Gasteiger partial charge in [-0.25, -0.2) is 4.98 Å². The third-order valence-electron chi connectivity index (χ3n) is 3.93. The Morgan fingerprint density at radius 3 is 3.00 bits per heavy atom. The molecule has 2 aromatic heterocycles. The highest BCUT2D eigenvalue weighted by Crippen LogP contribution is 2.40. The van der Waals surface area contributed by atoms with Crippen molar-refractivity contribution in [2.75, 3.05) is 13.2 Å². The number of aromatic nitrogens is 3. The van der Waals surface area contributed by atoms with Gasteiger partial charge in [0.15, 0.2) is 0 Å². The van der Waals surface area contributed by atoms with Gasteiger partial charge in [0.25, 0.3) is 0 Å². The van der Waals surface area contributed by atoms with E-state index in [0.29, 0.717) is 11.8 Å². The first-order chi connectivity index (χ1) is 9.40. The predicted octanol–water partition coefficient (Wildman–Crippen LogP) is 2.30. The predicted molar refractivity (Wildman–Crippen MR) is 68.0 cm³/mol. The van der Waals surface area contributed by atoms with Gasteiger partial charge >= 0.3 is 0 Å². The Hall–Kier alpha value is -1.62. The fraction of sp³-hybridized carbons (Fsp3) is 0.571. The molecule has 3 heterocycles. The van der Waals surface area contributed by atoms with E-state index in [1.807, 2.05) is 12.4 Å². The Labute approximate surface area is 111 Å². The average molecular weight is 259 g/mol. The zero-order valence-corrected chi connectivity index (χ0v) is 10.8. The molecule has 100 valence electrons. The van der Waals surface area contributed by atoms with Crippen LogP contribution in [0.1, 0.15) is 48.4 Å². The van der Waals surface area contributed by atoms with Crippen LogP contribution in [0.4, 0.5) is 0 Å². The number of hydrogen-bond acceptors (Lipinski definition) is 4. The van der Waals surface area contributed by atoms with Crippen LogP contribution in [0.5, 0.6) is 0 Å². The molecule has 1 saturated heterocycles. The first-order valence-electron chi connectivity index (χ1n) is 6.94. The lowest BCUT2D eigenvalue weighted by Gasteiger charge is -2.10. The first-order valence-corrected chi connectivity index (χ1v) is 6.94. The van der Waals surface area contributed by atoms with Crippen molar-refractivity contribution in [1.82, 2.24) is 14.7 Å². The van der Waals surface area contributed by atoms with Crippen molar-refractivity contribution in [3.8, 4) is 0 Å². The van der Waals surface area contributed by atoms with Crippen LogP contribution in [0.3, 0.4) is 0 Å². The van der Waals surface area contributed by atoms with Gasteiger partial charge in [0.05, 0.1) is 13.2 Å². The fourth-order valence-electron chi connectivity index (χ4n) is 2.69. The molecule has 2 fully saturated rings. The smallest absolute Gasteiger partial charge is 0.140 e. The Kier molecular flexibility index (Phi) is 2.65. The van der Waals surface area contributed by atoms with E-state index in [0.717, 1.165) is 43.5 Å². The summed E-state index contributed by atoms with van der Waals surface area (Å²) in [6.07, 6.45) is 7.41. The second kappa shape index (κ2) is 4.49. The first kappa shape index (κ1) is 11.2. The highest BCUT2D eigenvalue weighted by Gasteiger charge is 2.28. The maximum Gasteiger partial charge on any atom is 0.140 e. The van der Waals surface area contributed by atoms with Crippen molar-refractivity contribution in [2.24, 2.45) is 0 Å². The lowest BCUT2D eigenvalue weighted by molar-refractivity contribution is 0.192. The molecule has 0 bridgehead atoms. The summed E-state index contributed by atoms with van der Waals surface area (Å²) in [5.74, 6) is 3.19. The SMILES string of the molecule is c1cn(Cc2cc(C3CC3)on2)c([C@H]2CCOC2)n1. The van der Waals surface area contributed by atoms with Crippen LogP contribution in [0.2, 0.25) is 0 Å². The third-order valence-corrected chi connectivity index (χ3v) is 3.93. The van der Waals surface area contributed by atoms with Gasteiger partial charge in [0, 0.05) is 36.9 Å². The average Bonchev–Trinajstić information content (AvgIpc) is 2.89. The molecule has 0 spiro atoms. The standard InChI is InChI=1S/C14H17N3O2/c1-2-10(1)13-7-12(16-19-13)8-17-5-4-15-14(17)11-3-6-18-9-11/h4-5,7,10-11H,1-3,6,8-9H2/t11-/m0/s1. The van der Waals surface area contributed by atoms with E-state index in [-0.39, 0.29) is 0 Å². The molecule has 0 aromatic carbocycles. The minimum atomic E-state index is 0.421. The summed E-state index contributed by atoms with van der Waals surface area (Å²) >= 11 is 0. The molecule has 2 aliphatic rings. The van der Waals surface area contributed by atoms with Gasteiger partial charge in [0.1, 0.15) is 17.3 Å². The maximum atomic E-state index is 5.44. The summed E-state index contributed by atoms with van der Waals surface area (Å²) in [6.45, 7) is 2.36. The zero-order valence-electron chi connectivity index (χ0n) is 10.8. The van der Waals surface area contributed by atoms with Crippen molar-refractivity contribution in [3.63, 3.8) is 0 Å². The molecular weight excluding hydrogens is 242 g/mol. The number of nitrogens with zero attached hydrogens (tertiary/aromatic N) is 3. The van der Waals surface area contributed by atoms with Gasteiger partial charge in [-0.1, -0.05) is 5.16 Å². The van der Waals surface area contributed by atoms with Crippen molar-refractivity contribution < 1.29 is 9.26 Å². The van der Waals surface area contributed by atoms with E-state index in [2.05, 4.69) is 20.8 Å². The lowest BCUT2D eigenvalue weighted by atomic mass is 10.1. The molecule has 4 rings (SSSR count). The molecule has 1 saturated carbocycles. The van der Waals surface area contributed by atoms with Crippen LogP contribution in [0, 0.1) is 0 Å². The van der Waals surface area contributed by atoms with Gasteiger partial charge in [-0.2, -0.15) is 0 Å². The number of ether oxygens (including phenoxy) is 1. The number of imidazole rings is 1. The quantitative estimate of drug-likeness (QED) is 0.845. The second-order valence-electron chi connectivity index (χ2n) is 5.47. The van der Waals surface area contributed by atoms with E-state index in [1.165, 1.54) is 12.8 Å². The Bertz CT molecular complexity index is 565. The molecule has 0 N–H and O–H groups in total. The van der Waals surface area contributed by atoms with Crippen molar-refractivity contribution in [3.05, 3.63) is 35.7 Å². The summed E-state index contributed by atoms with van der Waals surface area (Å²) in [5.41, 5.74) is 0.986. The molecule has 1 aliphatic heterocycles. The zero-order chi connectivity index (χ0) is 12.7. The van der Waals surface area contributed by atoms with Gasteiger partial charge in [0.2, 0.25) is 0 Å². The summed E-state index contributed by atoms with van der Waals surface area (Å²) in [5, 5.41) is 4.17.